The predicted molar refractivity (Wildman–Crippen MR) is 63.0 cm³/mol. The zero-order valence-electron chi connectivity index (χ0n) is 10.8. The summed E-state index contributed by atoms with van der Waals surface area (Å²) in [7, 11) is 3.05. The molecule has 0 aromatic carbocycles. The topological polar surface area (TPSA) is 46.6 Å². The number of carbonyl (C=O) groups is 2. The van der Waals surface area contributed by atoms with Crippen molar-refractivity contribution in [2.24, 2.45) is 5.92 Å². The summed E-state index contributed by atoms with van der Waals surface area (Å²) in [6.45, 7) is 4.64. The minimum absolute atomic E-state index is 0.134. The third kappa shape index (κ3) is 4.64. The molecule has 0 bridgehead atoms. The summed E-state index contributed by atoms with van der Waals surface area (Å²) in [5.74, 6) is -1.21. The normalized spacial score (nSPS) is 12.0. The van der Waals surface area contributed by atoms with Gasteiger partial charge in [-0.3, -0.25) is 9.59 Å². The van der Waals surface area contributed by atoms with Crippen LogP contribution in [0, 0.1) is 5.92 Å². The van der Waals surface area contributed by atoms with Gasteiger partial charge >= 0.3 is 5.97 Å². The Kier molecular flexibility index (Phi) is 7.60. The van der Waals surface area contributed by atoms with Gasteiger partial charge in [-0.15, -0.1) is 0 Å². The molecule has 0 aromatic rings. The summed E-state index contributed by atoms with van der Waals surface area (Å²) in [4.78, 5) is 24.9. The van der Waals surface area contributed by atoms with Gasteiger partial charge in [-0.05, 0) is 12.8 Å². The number of carbonyl (C=O) groups excluding carboxylic acids is 2. The molecule has 4 heteroatoms. The molecule has 0 aromatic heterocycles. The SMILES string of the molecule is CCCCCN(C)C(=O)C(CC)C(=O)OC. The highest BCUT2D eigenvalue weighted by Crippen LogP contribution is 2.09. The molecule has 0 rings (SSSR count). The second-order valence-electron chi connectivity index (χ2n) is 3.95. The van der Waals surface area contributed by atoms with Crippen molar-refractivity contribution in [3.63, 3.8) is 0 Å². The van der Waals surface area contributed by atoms with Crippen LogP contribution in [0.3, 0.4) is 0 Å². The van der Waals surface area contributed by atoms with E-state index in [0.717, 1.165) is 19.3 Å². The van der Waals surface area contributed by atoms with Crippen LogP contribution in [-0.4, -0.2) is 37.5 Å². The van der Waals surface area contributed by atoms with E-state index in [1.807, 2.05) is 6.92 Å². The molecule has 0 fully saturated rings. The molecule has 16 heavy (non-hydrogen) atoms. The van der Waals surface area contributed by atoms with E-state index in [1.54, 1.807) is 11.9 Å². The number of unbranched alkanes of at least 4 members (excludes halogenated alkanes) is 2. The molecule has 0 saturated heterocycles. The van der Waals surface area contributed by atoms with Crippen molar-refractivity contribution in [3.8, 4) is 0 Å². The van der Waals surface area contributed by atoms with Crippen LogP contribution in [0.5, 0.6) is 0 Å². The molecular formula is C12H23NO3. The van der Waals surface area contributed by atoms with Crippen molar-refractivity contribution in [2.75, 3.05) is 20.7 Å². The fourth-order valence-electron chi connectivity index (χ4n) is 1.56. The van der Waals surface area contributed by atoms with Gasteiger partial charge in [0.2, 0.25) is 5.91 Å². The average molecular weight is 229 g/mol. The zero-order valence-corrected chi connectivity index (χ0v) is 10.8. The average Bonchev–Trinajstić information content (AvgIpc) is 2.29. The summed E-state index contributed by atoms with van der Waals surface area (Å²) < 4.78 is 4.61. The molecule has 0 aliphatic rings. The van der Waals surface area contributed by atoms with Crippen molar-refractivity contribution in [1.82, 2.24) is 4.90 Å². The number of hydrogen-bond acceptors (Lipinski definition) is 3. The quantitative estimate of drug-likeness (QED) is 0.380. The van der Waals surface area contributed by atoms with Crippen LogP contribution >= 0.6 is 0 Å². The fourth-order valence-corrected chi connectivity index (χ4v) is 1.56. The number of nitrogens with zero attached hydrogens (tertiary/aromatic N) is 1. The van der Waals surface area contributed by atoms with E-state index in [1.165, 1.54) is 7.11 Å². The van der Waals surface area contributed by atoms with Crippen LogP contribution in [0.2, 0.25) is 0 Å². The number of hydrogen-bond donors (Lipinski definition) is 0. The number of ether oxygens (including phenoxy) is 1. The smallest absolute Gasteiger partial charge is 0.318 e. The number of esters is 1. The highest BCUT2D eigenvalue weighted by atomic mass is 16.5. The Labute approximate surface area is 98.0 Å². The third-order valence-electron chi connectivity index (χ3n) is 2.67. The summed E-state index contributed by atoms with van der Waals surface area (Å²) in [5.41, 5.74) is 0. The van der Waals surface area contributed by atoms with Gasteiger partial charge in [0.25, 0.3) is 0 Å². The third-order valence-corrected chi connectivity index (χ3v) is 2.67. The first-order valence-corrected chi connectivity index (χ1v) is 5.91. The van der Waals surface area contributed by atoms with Gasteiger partial charge in [-0.2, -0.15) is 0 Å². The Hall–Kier alpha value is -1.06. The lowest BCUT2D eigenvalue weighted by molar-refractivity contribution is -0.153. The zero-order chi connectivity index (χ0) is 12.6. The van der Waals surface area contributed by atoms with E-state index in [9.17, 15) is 9.59 Å². The van der Waals surface area contributed by atoms with E-state index in [2.05, 4.69) is 11.7 Å². The first-order chi connectivity index (χ1) is 7.58. The van der Waals surface area contributed by atoms with Crippen LogP contribution in [0.15, 0.2) is 0 Å². The van der Waals surface area contributed by atoms with Crippen LogP contribution < -0.4 is 0 Å². The monoisotopic (exact) mass is 229 g/mol. The Morgan fingerprint density at radius 2 is 1.88 bits per heavy atom. The van der Waals surface area contributed by atoms with Crippen LogP contribution in [0.1, 0.15) is 39.5 Å². The molecule has 0 N–H and O–H groups in total. The molecule has 0 heterocycles. The van der Waals surface area contributed by atoms with E-state index in [-0.39, 0.29) is 5.91 Å². The van der Waals surface area contributed by atoms with Crippen LogP contribution in [-0.2, 0) is 14.3 Å². The first-order valence-electron chi connectivity index (χ1n) is 5.91. The maximum Gasteiger partial charge on any atom is 0.318 e. The maximum absolute atomic E-state index is 11.9. The number of methoxy groups -OCH3 is 1. The molecule has 1 unspecified atom stereocenters. The lowest BCUT2D eigenvalue weighted by Crippen LogP contribution is -2.37. The Morgan fingerprint density at radius 3 is 2.31 bits per heavy atom. The van der Waals surface area contributed by atoms with Gasteiger partial charge in [0.15, 0.2) is 0 Å². The molecule has 1 amide bonds. The van der Waals surface area contributed by atoms with Crippen molar-refractivity contribution in [2.45, 2.75) is 39.5 Å². The van der Waals surface area contributed by atoms with Gasteiger partial charge in [0.1, 0.15) is 5.92 Å². The highest BCUT2D eigenvalue weighted by molar-refractivity contribution is 5.97. The van der Waals surface area contributed by atoms with E-state index in [0.29, 0.717) is 13.0 Å². The summed E-state index contributed by atoms with van der Waals surface area (Å²) >= 11 is 0. The van der Waals surface area contributed by atoms with E-state index < -0.39 is 11.9 Å². The molecule has 0 aliphatic carbocycles. The highest BCUT2D eigenvalue weighted by Gasteiger charge is 2.27. The largest absolute Gasteiger partial charge is 0.468 e. The van der Waals surface area contributed by atoms with Crippen molar-refractivity contribution in [1.29, 1.82) is 0 Å². The van der Waals surface area contributed by atoms with Gasteiger partial charge in [-0.25, -0.2) is 0 Å². The molecule has 0 spiro atoms. The summed E-state index contributed by atoms with van der Waals surface area (Å²) in [6, 6.07) is 0. The molecule has 0 aliphatic heterocycles. The molecular weight excluding hydrogens is 206 g/mol. The minimum atomic E-state index is -0.642. The Bertz CT molecular complexity index is 228. The number of amides is 1. The van der Waals surface area contributed by atoms with Gasteiger partial charge in [0, 0.05) is 13.6 Å². The van der Waals surface area contributed by atoms with E-state index in [4.69, 9.17) is 0 Å². The maximum atomic E-state index is 11.9. The molecule has 4 nitrogen and oxygen atoms in total. The van der Waals surface area contributed by atoms with Gasteiger partial charge in [0.05, 0.1) is 7.11 Å². The van der Waals surface area contributed by atoms with Crippen molar-refractivity contribution in [3.05, 3.63) is 0 Å². The van der Waals surface area contributed by atoms with Crippen molar-refractivity contribution < 1.29 is 14.3 Å². The lowest BCUT2D eigenvalue weighted by Gasteiger charge is -2.21. The minimum Gasteiger partial charge on any atom is -0.468 e. The van der Waals surface area contributed by atoms with Crippen molar-refractivity contribution >= 4 is 11.9 Å². The second-order valence-corrected chi connectivity index (χ2v) is 3.95. The fraction of sp³-hybridized carbons (Fsp3) is 0.833. The van der Waals surface area contributed by atoms with Crippen LogP contribution in [0.25, 0.3) is 0 Å². The standard InChI is InChI=1S/C12H23NO3/c1-5-7-8-9-13(3)11(14)10(6-2)12(15)16-4/h10H,5-9H2,1-4H3. The second kappa shape index (κ2) is 8.13. The van der Waals surface area contributed by atoms with Crippen LogP contribution in [0.4, 0.5) is 0 Å². The van der Waals surface area contributed by atoms with Gasteiger partial charge < -0.3 is 9.64 Å². The van der Waals surface area contributed by atoms with Gasteiger partial charge in [-0.1, -0.05) is 26.7 Å². The summed E-state index contributed by atoms with van der Waals surface area (Å²) in [5, 5.41) is 0. The Morgan fingerprint density at radius 1 is 1.25 bits per heavy atom. The Balaban J connectivity index is 4.22. The first kappa shape index (κ1) is 14.9. The predicted octanol–water partition coefficient (Wildman–Crippen LogP) is 1.83. The number of rotatable bonds is 7. The van der Waals surface area contributed by atoms with E-state index >= 15 is 0 Å². The molecule has 0 radical (unpaired) electrons. The molecule has 0 saturated carbocycles. The lowest BCUT2D eigenvalue weighted by atomic mass is 10.1. The molecule has 1 atom stereocenters. The molecule has 94 valence electrons. The summed E-state index contributed by atoms with van der Waals surface area (Å²) in [6.07, 6.45) is 3.70.